The Morgan fingerprint density at radius 3 is 2.78 bits per heavy atom. The van der Waals surface area contributed by atoms with E-state index in [2.05, 4.69) is 21.2 Å². The number of nitrogens with one attached hydrogen (secondary N) is 1. The van der Waals surface area contributed by atoms with Gasteiger partial charge >= 0.3 is 0 Å². The van der Waals surface area contributed by atoms with E-state index in [9.17, 15) is 4.79 Å². The van der Waals surface area contributed by atoms with Gasteiger partial charge in [0.25, 0.3) is 5.91 Å². The predicted molar refractivity (Wildman–Crippen MR) is 80.7 cm³/mol. The Morgan fingerprint density at radius 2 is 2.17 bits per heavy atom. The van der Waals surface area contributed by atoms with Gasteiger partial charge in [-0.3, -0.25) is 4.79 Å². The van der Waals surface area contributed by atoms with Crippen LogP contribution < -0.4 is 10.2 Å². The van der Waals surface area contributed by atoms with Crippen LogP contribution in [0.2, 0.25) is 0 Å². The fourth-order valence-electron chi connectivity index (χ4n) is 1.69. The topological polar surface area (TPSA) is 32.3 Å². The van der Waals surface area contributed by atoms with Gasteiger partial charge in [-0.2, -0.15) is 0 Å². The Hall–Kier alpha value is -1.03. The molecule has 0 aliphatic heterocycles. The first-order valence-electron chi connectivity index (χ1n) is 6.19. The molecule has 0 heterocycles. The Kier molecular flexibility index (Phi) is 6.19. The van der Waals surface area contributed by atoms with Crippen molar-refractivity contribution < 1.29 is 4.79 Å². The monoisotopic (exact) mass is 312 g/mol. The first-order valence-corrected chi connectivity index (χ1v) is 7.31. The zero-order valence-electron chi connectivity index (χ0n) is 11.2. The first kappa shape index (κ1) is 15.0. The molecule has 0 saturated heterocycles. The number of anilines is 1. The second-order valence-electron chi connectivity index (χ2n) is 4.65. The van der Waals surface area contributed by atoms with E-state index < -0.39 is 0 Å². The molecule has 1 atom stereocenters. The van der Waals surface area contributed by atoms with Crippen molar-refractivity contribution in [3.63, 3.8) is 0 Å². The van der Waals surface area contributed by atoms with E-state index in [0.29, 0.717) is 5.56 Å². The van der Waals surface area contributed by atoms with Crippen LogP contribution in [0.5, 0.6) is 0 Å². The van der Waals surface area contributed by atoms with Gasteiger partial charge in [0.1, 0.15) is 0 Å². The number of amides is 1. The van der Waals surface area contributed by atoms with Crippen LogP contribution >= 0.6 is 15.9 Å². The summed E-state index contributed by atoms with van der Waals surface area (Å²) in [4.78, 5) is 14.0. The molecule has 0 aliphatic carbocycles. The van der Waals surface area contributed by atoms with Gasteiger partial charge in [0.15, 0.2) is 0 Å². The highest BCUT2D eigenvalue weighted by atomic mass is 79.9. The molecule has 1 aromatic rings. The van der Waals surface area contributed by atoms with Crippen molar-refractivity contribution in [1.82, 2.24) is 5.32 Å². The third kappa shape index (κ3) is 4.69. The standard InChI is InChI=1S/C14H21BrN2O/c1-11(6-5-9-15)16-14(18)12-7-4-8-13(10-12)17(2)3/h4,7-8,10-11H,5-6,9H2,1-3H3,(H,16,18). The Balaban J connectivity index is 2.63. The second kappa shape index (κ2) is 7.41. The average molecular weight is 313 g/mol. The van der Waals surface area contributed by atoms with Gasteiger partial charge in [-0.25, -0.2) is 0 Å². The molecule has 0 saturated carbocycles. The van der Waals surface area contributed by atoms with Gasteiger partial charge in [0.05, 0.1) is 0 Å². The van der Waals surface area contributed by atoms with Crippen LogP contribution in [0, 0.1) is 0 Å². The minimum absolute atomic E-state index is 0.000715. The summed E-state index contributed by atoms with van der Waals surface area (Å²) in [7, 11) is 3.94. The maximum Gasteiger partial charge on any atom is 0.251 e. The van der Waals surface area contributed by atoms with Crippen molar-refractivity contribution in [2.75, 3.05) is 24.3 Å². The molecule has 1 rings (SSSR count). The molecule has 0 aliphatic rings. The van der Waals surface area contributed by atoms with E-state index in [1.807, 2.05) is 50.2 Å². The summed E-state index contributed by atoms with van der Waals surface area (Å²) in [6.07, 6.45) is 2.06. The van der Waals surface area contributed by atoms with Crippen LogP contribution in [0.4, 0.5) is 5.69 Å². The maximum atomic E-state index is 12.1. The number of nitrogens with zero attached hydrogens (tertiary/aromatic N) is 1. The van der Waals surface area contributed by atoms with Crippen LogP contribution in [-0.4, -0.2) is 31.4 Å². The highest BCUT2D eigenvalue weighted by molar-refractivity contribution is 9.09. The first-order chi connectivity index (χ1) is 8.54. The molecule has 1 N–H and O–H groups in total. The lowest BCUT2D eigenvalue weighted by Crippen LogP contribution is -2.32. The molecule has 0 radical (unpaired) electrons. The molecule has 100 valence electrons. The smallest absolute Gasteiger partial charge is 0.251 e. The highest BCUT2D eigenvalue weighted by Gasteiger charge is 2.10. The molecule has 3 nitrogen and oxygen atoms in total. The molecular weight excluding hydrogens is 292 g/mol. The molecule has 18 heavy (non-hydrogen) atoms. The van der Waals surface area contributed by atoms with Crippen LogP contribution in [-0.2, 0) is 0 Å². The Morgan fingerprint density at radius 1 is 1.44 bits per heavy atom. The Labute approximate surface area is 118 Å². The van der Waals surface area contributed by atoms with Gasteiger partial charge < -0.3 is 10.2 Å². The molecule has 4 heteroatoms. The van der Waals surface area contributed by atoms with Crippen LogP contribution in [0.25, 0.3) is 0 Å². The molecule has 0 fully saturated rings. The average Bonchev–Trinajstić information content (AvgIpc) is 2.36. The zero-order chi connectivity index (χ0) is 13.5. The third-order valence-corrected chi connectivity index (χ3v) is 3.33. The summed E-state index contributed by atoms with van der Waals surface area (Å²) in [5, 5.41) is 3.99. The fraction of sp³-hybridized carbons (Fsp3) is 0.500. The van der Waals surface area contributed by atoms with Crippen molar-refractivity contribution in [2.45, 2.75) is 25.8 Å². The lowest BCUT2D eigenvalue weighted by molar-refractivity contribution is 0.0938. The summed E-state index contributed by atoms with van der Waals surface area (Å²) in [6, 6.07) is 7.86. The number of hydrogen-bond acceptors (Lipinski definition) is 2. The number of halogens is 1. The summed E-state index contributed by atoms with van der Waals surface area (Å²) in [5.41, 5.74) is 1.75. The van der Waals surface area contributed by atoms with Crippen molar-refractivity contribution in [3.05, 3.63) is 29.8 Å². The highest BCUT2D eigenvalue weighted by Crippen LogP contribution is 2.13. The predicted octanol–water partition coefficient (Wildman–Crippen LogP) is 3.05. The summed E-state index contributed by atoms with van der Waals surface area (Å²) >= 11 is 3.40. The summed E-state index contributed by atoms with van der Waals surface area (Å²) < 4.78 is 0. The van der Waals surface area contributed by atoms with Gasteiger partial charge in [-0.1, -0.05) is 22.0 Å². The molecule has 0 bridgehead atoms. The Bertz CT molecular complexity index is 393. The number of benzene rings is 1. The van der Waals surface area contributed by atoms with Crippen molar-refractivity contribution in [3.8, 4) is 0 Å². The second-order valence-corrected chi connectivity index (χ2v) is 5.44. The van der Waals surface area contributed by atoms with Gasteiger partial charge in [-0.15, -0.1) is 0 Å². The van der Waals surface area contributed by atoms with E-state index in [4.69, 9.17) is 0 Å². The SMILES string of the molecule is CC(CCCBr)NC(=O)c1cccc(N(C)C)c1. The lowest BCUT2D eigenvalue weighted by Gasteiger charge is -2.16. The van der Waals surface area contributed by atoms with E-state index in [1.165, 1.54) is 0 Å². The van der Waals surface area contributed by atoms with E-state index in [-0.39, 0.29) is 11.9 Å². The number of rotatable bonds is 6. The molecular formula is C14H21BrN2O. The van der Waals surface area contributed by atoms with Gasteiger partial charge in [0.2, 0.25) is 0 Å². The molecule has 0 spiro atoms. The minimum Gasteiger partial charge on any atom is -0.378 e. The van der Waals surface area contributed by atoms with Crippen LogP contribution in [0.1, 0.15) is 30.1 Å². The fourth-order valence-corrected chi connectivity index (χ4v) is 2.01. The van der Waals surface area contributed by atoms with E-state index in [0.717, 1.165) is 23.9 Å². The van der Waals surface area contributed by atoms with Crippen molar-refractivity contribution in [1.29, 1.82) is 0 Å². The number of carbonyl (C=O) groups is 1. The third-order valence-electron chi connectivity index (χ3n) is 2.77. The quantitative estimate of drug-likeness (QED) is 0.819. The maximum absolute atomic E-state index is 12.1. The summed E-state index contributed by atoms with van der Waals surface area (Å²) in [6.45, 7) is 2.04. The zero-order valence-corrected chi connectivity index (χ0v) is 12.8. The number of hydrogen-bond donors (Lipinski definition) is 1. The van der Waals surface area contributed by atoms with Crippen LogP contribution in [0.15, 0.2) is 24.3 Å². The van der Waals surface area contributed by atoms with E-state index >= 15 is 0 Å². The number of carbonyl (C=O) groups excluding carboxylic acids is 1. The van der Waals surface area contributed by atoms with E-state index in [1.54, 1.807) is 0 Å². The van der Waals surface area contributed by atoms with Gasteiger partial charge in [-0.05, 0) is 38.0 Å². The largest absolute Gasteiger partial charge is 0.378 e. The summed E-state index contributed by atoms with van der Waals surface area (Å²) in [5.74, 6) is 0.000715. The molecule has 0 aromatic heterocycles. The lowest BCUT2D eigenvalue weighted by atomic mass is 10.1. The normalized spacial score (nSPS) is 12.0. The molecule has 1 unspecified atom stereocenters. The van der Waals surface area contributed by atoms with Crippen molar-refractivity contribution in [2.24, 2.45) is 0 Å². The number of alkyl halides is 1. The van der Waals surface area contributed by atoms with Crippen LogP contribution in [0.3, 0.4) is 0 Å². The van der Waals surface area contributed by atoms with Gasteiger partial charge in [0, 0.05) is 36.7 Å². The minimum atomic E-state index is 0.000715. The molecule has 1 aromatic carbocycles. The molecule has 1 amide bonds. The van der Waals surface area contributed by atoms with Crippen molar-refractivity contribution >= 4 is 27.5 Å².